The molecule has 3 aliphatic heterocycles. The van der Waals surface area contributed by atoms with Gasteiger partial charge in [0.1, 0.15) is 13.2 Å². The Morgan fingerprint density at radius 1 is 0.933 bits per heavy atom. The first-order valence-corrected chi connectivity index (χ1v) is 9.42. The van der Waals surface area contributed by atoms with Gasteiger partial charge in [-0.1, -0.05) is 17.2 Å². The standard InChI is InChI=1S/C21H16N2O7/c24-18-9-12(11-22(18)13-5-6-16-17(10-13)29-8-7-28-16)21(27)30-23-19(25)14-3-1-2-4-15(14)20(23)26/h1-6,10,12H,7-9,11H2. The van der Waals surface area contributed by atoms with E-state index >= 15 is 0 Å². The van der Waals surface area contributed by atoms with Crippen LogP contribution in [0.25, 0.3) is 0 Å². The molecular weight excluding hydrogens is 392 g/mol. The highest BCUT2D eigenvalue weighted by molar-refractivity contribution is 6.21. The molecule has 3 aliphatic rings. The second-order valence-corrected chi connectivity index (χ2v) is 7.09. The van der Waals surface area contributed by atoms with E-state index in [9.17, 15) is 19.2 Å². The zero-order chi connectivity index (χ0) is 20.8. The van der Waals surface area contributed by atoms with Crippen molar-refractivity contribution in [1.82, 2.24) is 5.06 Å². The first-order chi connectivity index (χ1) is 14.5. The number of nitrogens with zero attached hydrogens (tertiary/aromatic N) is 2. The van der Waals surface area contributed by atoms with Crippen molar-refractivity contribution >= 4 is 29.4 Å². The molecule has 0 saturated carbocycles. The molecule has 0 spiro atoms. The molecular formula is C21H16N2O7. The SMILES string of the molecule is O=C(ON1C(=O)c2ccccc2C1=O)C1CC(=O)N(c2ccc3c(c2)OCCO3)C1. The van der Waals surface area contributed by atoms with Crippen molar-refractivity contribution in [2.24, 2.45) is 5.92 Å². The van der Waals surface area contributed by atoms with Gasteiger partial charge < -0.3 is 19.2 Å². The average molecular weight is 408 g/mol. The molecule has 3 heterocycles. The molecule has 0 aromatic heterocycles. The summed E-state index contributed by atoms with van der Waals surface area (Å²) in [7, 11) is 0. The quantitative estimate of drug-likeness (QED) is 0.710. The number of fused-ring (bicyclic) bond motifs is 2. The molecule has 152 valence electrons. The average Bonchev–Trinajstić information content (AvgIpc) is 3.27. The van der Waals surface area contributed by atoms with E-state index in [4.69, 9.17) is 14.3 Å². The summed E-state index contributed by atoms with van der Waals surface area (Å²) in [6.45, 7) is 0.945. The van der Waals surface area contributed by atoms with Crippen LogP contribution in [0.5, 0.6) is 11.5 Å². The number of benzene rings is 2. The third-order valence-corrected chi connectivity index (χ3v) is 5.23. The number of rotatable bonds is 3. The summed E-state index contributed by atoms with van der Waals surface area (Å²) in [5.41, 5.74) is 0.923. The van der Waals surface area contributed by atoms with E-state index in [2.05, 4.69) is 0 Å². The second-order valence-electron chi connectivity index (χ2n) is 7.09. The minimum atomic E-state index is -0.810. The molecule has 1 unspecified atom stereocenters. The maximum Gasteiger partial charge on any atom is 0.338 e. The van der Waals surface area contributed by atoms with E-state index in [0.29, 0.717) is 35.5 Å². The van der Waals surface area contributed by atoms with Crippen LogP contribution < -0.4 is 14.4 Å². The van der Waals surface area contributed by atoms with E-state index in [1.165, 1.54) is 17.0 Å². The van der Waals surface area contributed by atoms with Crippen LogP contribution in [0.3, 0.4) is 0 Å². The van der Waals surface area contributed by atoms with Crippen molar-refractivity contribution in [3.05, 3.63) is 53.6 Å². The Balaban J connectivity index is 1.30. The number of hydrogen-bond acceptors (Lipinski definition) is 7. The first-order valence-electron chi connectivity index (χ1n) is 9.42. The lowest BCUT2D eigenvalue weighted by molar-refractivity contribution is -0.173. The van der Waals surface area contributed by atoms with Gasteiger partial charge in [0.2, 0.25) is 5.91 Å². The number of carbonyl (C=O) groups excluding carboxylic acids is 4. The van der Waals surface area contributed by atoms with Crippen LogP contribution in [0.4, 0.5) is 5.69 Å². The molecule has 1 saturated heterocycles. The first kappa shape index (κ1) is 18.2. The number of ether oxygens (including phenoxy) is 2. The topological polar surface area (TPSA) is 102 Å². The third kappa shape index (κ3) is 2.86. The highest BCUT2D eigenvalue weighted by Gasteiger charge is 2.42. The van der Waals surface area contributed by atoms with Gasteiger partial charge in [-0.25, -0.2) is 4.79 Å². The van der Waals surface area contributed by atoms with Crippen LogP contribution in [0.2, 0.25) is 0 Å². The van der Waals surface area contributed by atoms with Crippen molar-refractivity contribution in [3.63, 3.8) is 0 Å². The van der Waals surface area contributed by atoms with Gasteiger partial charge >= 0.3 is 5.97 Å². The lowest BCUT2D eigenvalue weighted by Gasteiger charge is -2.22. The zero-order valence-electron chi connectivity index (χ0n) is 15.7. The van der Waals surface area contributed by atoms with Gasteiger partial charge in [-0.3, -0.25) is 14.4 Å². The Morgan fingerprint density at radius 3 is 2.30 bits per heavy atom. The Hall–Kier alpha value is -3.88. The van der Waals surface area contributed by atoms with Crippen LogP contribution >= 0.6 is 0 Å². The molecule has 2 aromatic rings. The zero-order valence-corrected chi connectivity index (χ0v) is 15.7. The van der Waals surface area contributed by atoms with Crippen LogP contribution in [0.1, 0.15) is 27.1 Å². The van der Waals surface area contributed by atoms with E-state index in [1.54, 1.807) is 30.3 Å². The molecule has 2 aromatic carbocycles. The molecule has 1 fully saturated rings. The lowest BCUT2D eigenvalue weighted by Crippen LogP contribution is -2.36. The van der Waals surface area contributed by atoms with Gasteiger partial charge in [0.15, 0.2) is 11.5 Å². The molecule has 1 atom stereocenters. The molecule has 0 bridgehead atoms. The van der Waals surface area contributed by atoms with Crippen LogP contribution in [0, 0.1) is 5.92 Å². The van der Waals surface area contributed by atoms with Gasteiger partial charge in [-0.15, -0.1) is 0 Å². The van der Waals surface area contributed by atoms with Crippen LogP contribution in [0.15, 0.2) is 42.5 Å². The van der Waals surface area contributed by atoms with Gasteiger partial charge in [0, 0.05) is 24.7 Å². The Kier molecular flexibility index (Phi) is 4.16. The van der Waals surface area contributed by atoms with Crippen molar-refractivity contribution in [1.29, 1.82) is 0 Å². The molecule has 0 N–H and O–H groups in total. The number of anilines is 1. The lowest BCUT2D eigenvalue weighted by atomic mass is 10.1. The van der Waals surface area contributed by atoms with E-state index in [0.717, 1.165) is 0 Å². The molecule has 30 heavy (non-hydrogen) atoms. The molecule has 9 heteroatoms. The largest absolute Gasteiger partial charge is 0.486 e. The summed E-state index contributed by atoms with van der Waals surface area (Å²) in [6.07, 6.45) is -0.0869. The maximum absolute atomic E-state index is 12.6. The summed E-state index contributed by atoms with van der Waals surface area (Å²) >= 11 is 0. The monoisotopic (exact) mass is 408 g/mol. The van der Waals surface area contributed by atoms with Gasteiger partial charge in [-0.2, -0.15) is 0 Å². The third-order valence-electron chi connectivity index (χ3n) is 5.23. The van der Waals surface area contributed by atoms with Gasteiger partial charge in [0.25, 0.3) is 11.8 Å². The predicted octanol–water partition coefficient (Wildman–Crippen LogP) is 1.57. The normalized spacial score (nSPS) is 19.9. The molecule has 3 amide bonds. The van der Waals surface area contributed by atoms with Crippen LogP contribution in [-0.2, 0) is 14.4 Å². The van der Waals surface area contributed by atoms with Crippen LogP contribution in [-0.4, -0.2) is 48.5 Å². The van der Waals surface area contributed by atoms with E-state index in [1.807, 2.05) is 0 Å². The summed E-state index contributed by atoms with van der Waals surface area (Å²) in [4.78, 5) is 56.4. The van der Waals surface area contributed by atoms with Gasteiger partial charge in [-0.05, 0) is 24.3 Å². The summed E-state index contributed by atoms with van der Waals surface area (Å²) < 4.78 is 11.0. The van der Waals surface area contributed by atoms with Crippen molar-refractivity contribution in [3.8, 4) is 11.5 Å². The number of hydroxylamine groups is 2. The maximum atomic E-state index is 12.6. The summed E-state index contributed by atoms with van der Waals surface area (Å²) in [5, 5.41) is 0.463. The molecule has 5 rings (SSSR count). The Labute approximate surface area is 170 Å². The highest BCUT2D eigenvalue weighted by Crippen LogP contribution is 2.36. The Morgan fingerprint density at radius 2 is 1.60 bits per heavy atom. The summed E-state index contributed by atoms with van der Waals surface area (Å²) in [5.74, 6) is -2.15. The smallest absolute Gasteiger partial charge is 0.338 e. The van der Waals surface area contributed by atoms with Crippen molar-refractivity contribution in [2.45, 2.75) is 6.42 Å². The highest BCUT2D eigenvalue weighted by atomic mass is 16.7. The summed E-state index contributed by atoms with van der Waals surface area (Å²) in [6, 6.07) is 11.3. The van der Waals surface area contributed by atoms with E-state index < -0.39 is 23.7 Å². The predicted molar refractivity (Wildman–Crippen MR) is 101 cm³/mol. The molecule has 0 radical (unpaired) electrons. The number of imide groups is 1. The van der Waals surface area contributed by atoms with E-state index in [-0.39, 0.29) is 30.0 Å². The fourth-order valence-corrected chi connectivity index (χ4v) is 3.73. The molecule has 0 aliphatic carbocycles. The fraction of sp³-hybridized carbons (Fsp3) is 0.238. The van der Waals surface area contributed by atoms with Gasteiger partial charge in [0.05, 0.1) is 17.0 Å². The fourth-order valence-electron chi connectivity index (χ4n) is 3.73. The van der Waals surface area contributed by atoms with Crippen molar-refractivity contribution in [2.75, 3.05) is 24.7 Å². The minimum absolute atomic E-state index is 0.0699. The molecule has 9 nitrogen and oxygen atoms in total. The van der Waals surface area contributed by atoms with Crippen molar-refractivity contribution < 1.29 is 33.5 Å². The number of hydrogen-bond donors (Lipinski definition) is 0. The minimum Gasteiger partial charge on any atom is -0.486 e. The Bertz CT molecular complexity index is 1060. The number of carbonyl (C=O) groups is 4. The number of amides is 3. The second kappa shape index (κ2) is 6.87.